The molecule has 2 aromatic rings. The summed E-state index contributed by atoms with van der Waals surface area (Å²) in [5, 5.41) is 2.66. The Labute approximate surface area is 115 Å². The molecule has 0 bridgehead atoms. The Morgan fingerprint density at radius 3 is 2.55 bits per heavy atom. The van der Waals surface area contributed by atoms with E-state index in [9.17, 15) is 9.18 Å². The zero-order valence-corrected chi connectivity index (χ0v) is 10.5. The number of nitrogens with one attached hydrogen (secondary N) is 1. The van der Waals surface area contributed by atoms with E-state index in [2.05, 4.69) is 5.32 Å². The standard InChI is InChI=1S/C15H12FNO3/c16-10-5-7-11(8-6-10)17-15(18)14-9-19-12-3-1-2-4-13(12)20-14/h1-8,14H,9H2,(H,17,18)/t14-/m1/s1. The van der Waals surface area contributed by atoms with Crippen molar-refractivity contribution in [3.8, 4) is 11.5 Å². The fourth-order valence-corrected chi connectivity index (χ4v) is 1.90. The molecule has 1 heterocycles. The highest BCUT2D eigenvalue weighted by Gasteiger charge is 2.27. The molecule has 102 valence electrons. The van der Waals surface area contributed by atoms with Gasteiger partial charge in [0.25, 0.3) is 5.91 Å². The second kappa shape index (κ2) is 5.21. The molecule has 0 radical (unpaired) electrons. The van der Waals surface area contributed by atoms with Crippen molar-refractivity contribution in [3.05, 3.63) is 54.3 Å². The second-order valence-electron chi connectivity index (χ2n) is 4.36. The summed E-state index contributed by atoms with van der Waals surface area (Å²) < 4.78 is 23.8. The summed E-state index contributed by atoms with van der Waals surface area (Å²) in [6.07, 6.45) is -0.727. The Kier molecular flexibility index (Phi) is 3.25. The Morgan fingerprint density at radius 1 is 1.10 bits per heavy atom. The maximum Gasteiger partial charge on any atom is 0.269 e. The lowest BCUT2D eigenvalue weighted by molar-refractivity contribution is -0.125. The molecular formula is C15H12FNO3. The topological polar surface area (TPSA) is 47.6 Å². The minimum Gasteiger partial charge on any atom is -0.485 e. The molecule has 0 fully saturated rings. The molecule has 1 aliphatic heterocycles. The van der Waals surface area contributed by atoms with Crippen molar-refractivity contribution in [2.75, 3.05) is 11.9 Å². The van der Waals surface area contributed by atoms with Gasteiger partial charge in [-0.2, -0.15) is 0 Å². The van der Waals surface area contributed by atoms with Crippen LogP contribution in [0.1, 0.15) is 0 Å². The lowest BCUT2D eigenvalue weighted by Gasteiger charge is -2.25. The highest BCUT2D eigenvalue weighted by atomic mass is 19.1. The quantitative estimate of drug-likeness (QED) is 0.915. The Morgan fingerprint density at radius 2 is 1.80 bits per heavy atom. The Bertz CT molecular complexity index is 627. The van der Waals surface area contributed by atoms with Crippen LogP contribution >= 0.6 is 0 Å². The van der Waals surface area contributed by atoms with E-state index in [-0.39, 0.29) is 18.3 Å². The molecular weight excluding hydrogens is 261 g/mol. The van der Waals surface area contributed by atoms with Gasteiger partial charge < -0.3 is 14.8 Å². The van der Waals surface area contributed by atoms with E-state index in [1.807, 2.05) is 12.1 Å². The van der Waals surface area contributed by atoms with E-state index in [4.69, 9.17) is 9.47 Å². The maximum absolute atomic E-state index is 12.8. The van der Waals surface area contributed by atoms with Crippen LogP contribution in [-0.2, 0) is 4.79 Å². The van der Waals surface area contributed by atoms with Crippen LogP contribution in [0.4, 0.5) is 10.1 Å². The van der Waals surface area contributed by atoms with Gasteiger partial charge in [0, 0.05) is 5.69 Å². The highest BCUT2D eigenvalue weighted by molar-refractivity contribution is 5.94. The molecule has 4 nitrogen and oxygen atoms in total. The van der Waals surface area contributed by atoms with E-state index in [0.717, 1.165) is 0 Å². The highest BCUT2D eigenvalue weighted by Crippen LogP contribution is 2.31. The first kappa shape index (κ1) is 12.5. The van der Waals surface area contributed by atoms with Crippen LogP contribution < -0.4 is 14.8 Å². The van der Waals surface area contributed by atoms with Gasteiger partial charge in [-0.15, -0.1) is 0 Å². The van der Waals surface area contributed by atoms with Crippen LogP contribution in [0.25, 0.3) is 0 Å². The van der Waals surface area contributed by atoms with E-state index in [0.29, 0.717) is 17.2 Å². The lowest BCUT2D eigenvalue weighted by Crippen LogP contribution is -2.40. The fraction of sp³-hybridized carbons (Fsp3) is 0.133. The third kappa shape index (κ3) is 2.56. The van der Waals surface area contributed by atoms with Crippen molar-refractivity contribution >= 4 is 11.6 Å². The lowest BCUT2D eigenvalue weighted by atomic mass is 10.2. The third-order valence-electron chi connectivity index (χ3n) is 2.91. The van der Waals surface area contributed by atoms with Gasteiger partial charge in [-0.1, -0.05) is 12.1 Å². The van der Waals surface area contributed by atoms with Gasteiger partial charge in [-0.3, -0.25) is 4.79 Å². The number of benzene rings is 2. The first-order valence-electron chi connectivity index (χ1n) is 6.17. The van der Waals surface area contributed by atoms with Crippen LogP contribution in [0, 0.1) is 5.82 Å². The molecule has 0 unspecified atom stereocenters. The van der Waals surface area contributed by atoms with E-state index in [1.165, 1.54) is 24.3 Å². The van der Waals surface area contributed by atoms with Gasteiger partial charge >= 0.3 is 0 Å². The van der Waals surface area contributed by atoms with E-state index >= 15 is 0 Å². The Balaban J connectivity index is 1.68. The van der Waals surface area contributed by atoms with Crippen LogP contribution in [0.5, 0.6) is 11.5 Å². The molecule has 20 heavy (non-hydrogen) atoms. The fourth-order valence-electron chi connectivity index (χ4n) is 1.90. The predicted octanol–water partition coefficient (Wildman–Crippen LogP) is 2.60. The average molecular weight is 273 g/mol. The number of hydrogen-bond acceptors (Lipinski definition) is 3. The Hall–Kier alpha value is -2.56. The SMILES string of the molecule is O=C(Nc1ccc(F)cc1)[C@H]1COc2ccccc2O1. The number of fused-ring (bicyclic) bond motifs is 1. The summed E-state index contributed by atoms with van der Waals surface area (Å²) in [6, 6.07) is 12.7. The smallest absolute Gasteiger partial charge is 0.269 e. The van der Waals surface area contributed by atoms with Crippen LogP contribution in [0.3, 0.4) is 0 Å². The largest absolute Gasteiger partial charge is 0.485 e. The molecule has 5 heteroatoms. The molecule has 0 spiro atoms. The van der Waals surface area contributed by atoms with Gasteiger partial charge in [-0.25, -0.2) is 4.39 Å². The summed E-state index contributed by atoms with van der Waals surface area (Å²) in [6.45, 7) is 0.143. The number of ether oxygens (including phenoxy) is 2. The number of carbonyl (C=O) groups is 1. The summed E-state index contributed by atoms with van der Waals surface area (Å²) in [5.41, 5.74) is 0.513. The predicted molar refractivity (Wildman–Crippen MR) is 71.4 cm³/mol. The first-order valence-corrected chi connectivity index (χ1v) is 6.17. The molecule has 2 aromatic carbocycles. The minimum atomic E-state index is -0.727. The van der Waals surface area contributed by atoms with Crippen molar-refractivity contribution < 1.29 is 18.7 Å². The number of carbonyl (C=O) groups excluding carboxylic acids is 1. The van der Waals surface area contributed by atoms with Gasteiger partial charge in [-0.05, 0) is 36.4 Å². The van der Waals surface area contributed by atoms with Crippen LogP contribution in [-0.4, -0.2) is 18.6 Å². The normalized spacial score (nSPS) is 16.6. The number of halogens is 1. The zero-order valence-electron chi connectivity index (χ0n) is 10.5. The van der Waals surface area contributed by atoms with Crippen molar-refractivity contribution in [3.63, 3.8) is 0 Å². The molecule has 1 N–H and O–H groups in total. The summed E-state index contributed by atoms with van der Waals surface area (Å²) in [5.74, 6) is 0.483. The average Bonchev–Trinajstić information content (AvgIpc) is 2.49. The number of para-hydroxylation sites is 2. The summed E-state index contributed by atoms with van der Waals surface area (Å²) in [7, 11) is 0. The van der Waals surface area contributed by atoms with Gasteiger partial charge in [0.15, 0.2) is 11.5 Å². The van der Waals surface area contributed by atoms with Crippen molar-refractivity contribution in [1.29, 1.82) is 0 Å². The van der Waals surface area contributed by atoms with Gasteiger partial charge in [0.1, 0.15) is 12.4 Å². The van der Waals surface area contributed by atoms with E-state index < -0.39 is 6.10 Å². The third-order valence-corrected chi connectivity index (χ3v) is 2.91. The molecule has 0 aliphatic carbocycles. The number of rotatable bonds is 2. The number of hydrogen-bond donors (Lipinski definition) is 1. The maximum atomic E-state index is 12.8. The van der Waals surface area contributed by atoms with Gasteiger partial charge in [0.2, 0.25) is 6.10 Å². The molecule has 0 saturated carbocycles. The van der Waals surface area contributed by atoms with Crippen molar-refractivity contribution in [2.24, 2.45) is 0 Å². The molecule has 1 amide bonds. The van der Waals surface area contributed by atoms with Gasteiger partial charge in [0.05, 0.1) is 0 Å². The van der Waals surface area contributed by atoms with Crippen molar-refractivity contribution in [1.82, 2.24) is 0 Å². The van der Waals surface area contributed by atoms with Crippen LogP contribution in [0.2, 0.25) is 0 Å². The van der Waals surface area contributed by atoms with E-state index in [1.54, 1.807) is 12.1 Å². The van der Waals surface area contributed by atoms with Crippen molar-refractivity contribution in [2.45, 2.75) is 6.10 Å². The molecule has 1 aliphatic rings. The number of amides is 1. The zero-order chi connectivity index (χ0) is 13.9. The molecule has 3 rings (SSSR count). The minimum absolute atomic E-state index is 0.143. The first-order chi connectivity index (χ1) is 9.72. The molecule has 0 aromatic heterocycles. The molecule has 1 atom stereocenters. The monoisotopic (exact) mass is 273 g/mol. The number of anilines is 1. The summed E-state index contributed by atoms with van der Waals surface area (Å²) in [4.78, 5) is 12.1. The molecule has 0 saturated heterocycles. The summed E-state index contributed by atoms with van der Waals surface area (Å²) >= 11 is 0. The van der Waals surface area contributed by atoms with Crippen LogP contribution in [0.15, 0.2) is 48.5 Å². The second-order valence-corrected chi connectivity index (χ2v) is 4.36.